The molecule has 1 aliphatic rings. The number of hydrogen-bond acceptors (Lipinski definition) is 4. The van der Waals surface area contributed by atoms with Crippen molar-refractivity contribution in [2.24, 2.45) is 0 Å². The van der Waals surface area contributed by atoms with Crippen molar-refractivity contribution in [3.05, 3.63) is 70.4 Å². The molecule has 0 unspecified atom stereocenters. The molecule has 0 N–H and O–H groups in total. The Kier molecular flexibility index (Phi) is 6.83. The van der Waals surface area contributed by atoms with E-state index in [1.165, 1.54) is 12.1 Å². The van der Waals surface area contributed by atoms with Crippen molar-refractivity contribution in [3.8, 4) is 0 Å². The van der Waals surface area contributed by atoms with E-state index in [4.69, 9.17) is 9.41 Å². The second kappa shape index (κ2) is 9.80. The molecule has 0 atom stereocenters. The van der Waals surface area contributed by atoms with Gasteiger partial charge in [0.25, 0.3) is 0 Å². The number of hydrogen-bond donors (Lipinski definition) is 0. The summed E-state index contributed by atoms with van der Waals surface area (Å²) in [7, 11) is -1.78. The molecule has 8 heteroatoms. The molecule has 0 spiro atoms. The molecule has 0 bridgehead atoms. The number of imidazole rings is 1. The summed E-state index contributed by atoms with van der Waals surface area (Å²) < 4.78 is 24.1. The van der Waals surface area contributed by atoms with Crippen LogP contribution in [0.4, 0.5) is 4.39 Å². The summed E-state index contributed by atoms with van der Waals surface area (Å²) in [4.78, 5) is 22.5. The fourth-order valence-electron chi connectivity index (χ4n) is 4.77. The summed E-state index contributed by atoms with van der Waals surface area (Å²) in [5, 5.41) is 1.96. The van der Waals surface area contributed by atoms with Gasteiger partial charge in [-0.3, -0.25) is 19.1 Å². The number of pyridine rings is 2. The van der Waals surface area contributed by atoms with Gasteiger partial charge in [-0.15, -0.1) is 0 Å². The van der Waals surface area contributed by atoms with E-state index < -0.39 is 8.32 Å². The topological polar surface area (TPSA) is 61.9 Å². The Morgan fingerprint density at radius 1 is 1.11 bits per heavy atom. The highest BCUT2D eigenvalue weighted by Gasteiger charge is 2.36. The first-order valence-electron chi connectivity index (χ1n) is 13.3. The van der Waals surface area contributed by atoms with E-state index in [0.717, 1.165) is 71.8 Å². The lowest BCUT2D eigenvalue weighted by Gasteiger charge is -2.36. The molecular formula is C29H37FN4O2Si. The smallest absolute Gasteiger partial charge is 0.329 e. The predicted molar refractivity (Wildman–Crippen MR) is 149 cm³/mol. The molecule has 37 heavy (non-hydrogen) atoms. The van der Waals surface area contributed by atoms with Crippen LogP contribution in [0.3, 0.4) is 0 Å². The molecule has 0 aliphatic heterocycles. The molecule has 3 aromatic heterocycles. The Morgan fingerprint density at radius 2 is 1.89 bits per heavy atom. The predicted octanol–water partition coefficient (Wildman–Crippen LogP) is 6.61. The van der Waals surface area contributed by atoms with E-state index >= 15 is 0 Å². The summed E-state index contributed by atoms with van der Waals surface area (Å²) in [6, 6.07) is 7.07. The maximum atomic E-state index is 14.0. The van der Waals surface area contributed by atoms with Gasteiger partial charge in [0.2, 0.25) is 0 Å². The number of fused-ring (bicyclic) bond motifs is 2. The minimum absolute atomic E-state index is 0.0137. The molecule has 196 valence electrons. The lowest BCUT2D eigenvalue weighted by molar-refractivity contribution is 0.279. The van der Waals surface area contributed by atoms with Gasteiger partial charge in [-0.05, 0) is 79.4 Å². The molecule has 0 amide bonds. The van der Waals surface area contributed by atoms with Gasteiger partial charge in [0, 0.05) is 30.4 Å². The molecule has 0 saturated heterocycles. The first-order valence-corrected chi connectivity index (χ1v) is 16.2. The van der Waals surface area contributed by atoms with Crippen LogP contribution in [0.25, 0.3) is 21.8 Å². The zero-order valence-corrected chi connectivity index (χ0v) is 23.6. The quantitative estimate of drug-likeness (QED) is 0.184. The highest BCUT2D eigenvalue weighted by molar-refractivity contribution is 6.74. The van der Waals surface area contributed by atoms with Crippen molar-refractivity contribution in [3.63, 3.8) is 0 Å². The zero-order chi connectivity index (χ0) is 26.4. The highest BCUT2D eigenvalue weighted by atomic mass is 28.4. The van der Waals surface area contributed by atoms with E-state index in [-0.39, 0.29) is 22.6 Å². The van der Waals surface area contributed by atoms with Crippen LogP contribution in [0.2, 0.25) is 18.1 Å². The lowest BCUT2D eigenvalue weighted by Crippen LogP contribution is -2.40. The van der Waals surface area contributed by atoms with Crippen molar-refractivity contribution in [2.45, 2.75) is 83.6 Å². The summed E-state index contributed by atoms with van der Waals surface area (Å²) >= 11 is 0. The van der Waals surface area contributed by atoms with Crippen molar-refractivity contribution in [1.29, 1.82) is 0 Å². The standard InChI is InChI=1S/C29H37FN4O2Si/c1-29(2,3)37(4,5)36-15-7-6-8-24-23-12-9-21(30)16-20(23)17-32-25(24)19-33-27-18-31-14-13-26(27)34(28(33)35)22-10-11-22/h9,12-14,16-18,22H,6-8,10-11,15,19H2,1-5H3. The van der Waals surface area contributed by atoms with Crippen LogP contribution in [0.15, 0.2) is 47.7 Å². The zero-order valence-electron chi connectivity index (χ0n) is 22.6. The maximum absolute atomic E-state index is 14.0. The number of benzene rings is 1. The Labute approximate surface area is 218 Å². The van der Waals surface area contributed by atoms with Crippen LogP contribution in [0, 0.1) is 5.82 Å². The van der Waals surface area contributed by atoms with Crippen molar-refractivity contribution in [1.82, 2.24) is 19.1 Å². The molecule has 5 rings (SSSR count). The van der Waals surface area contributed by atoms with Crippen LogP contribution in [-0.2, 0) is 17.4 Å². The molecule has 3 heterocycles. The molecule has 1 aliphatic carbocycles. The Bertz CT molecular complexity index is 1500. The monoisotopic (exact) mass is 520 g/mol. The second-order valence-electron chi connectivity index (χ2n) is 11.8. The van der Waals surface area contributed by atoms with E-state index in [2.05, 4.69) is 38.8 Å². The normalized spacial score (nSPS) is 14.6. The van der Waals surface area contributed by atoms with Crippen LogP contribution in [-0.4, -0.2) is 34.0 Å². The summed E-state index contributed by atoms with van der Waals surface area (Å²) in [6.45, 7) is 12.4. The van der Waals surface area contributed by atoms with Gasteiger partial charge in [0.1, 0.15) is 5.82 Å². The summed E-state index contributed by atoms with van der Waals surface area (Å²) in [6.07, 6.45) is 9.96. The summed E-state index contributed by atoms with van der Waals surface area (Å²) in [5.41, 5.74) is 3.67. The number of halogens is 1. The van der Waals surface area contributed by atoms with E-state index in [1.807, 2.05) is 16.7 Å². The van der Waals surface area contributed by atoms with Crippen LogP contribution in [0.1, 0.15) is 63.8 Å². The van der Waals surface area contributed by atoms with Crippen molar-refractivity contribution in [2.75, 3.05) is 6.61 Å². The third-order valence-corrected chi connectivity index (χ3v) is 12.7. The fourth-order valence-corrected chi connectivity index (χ4v) is 5.86. The van der Waals surface area contributed by atoms with Crippen LogP contribution < -0.4 is 5.69 Å². The number of rotatable bonds is 9. The van der Waals surface area contributed by atoms with Gasteiger partial charge in [0.05, 0.1) is 29.5 Å². The van der Waals surface area contributed by atoms with E-state index in [1.54, 1.807) is 23.2 Å². The Hall–Kier alpha value is -2.84. The Balaban J connectivity index is 1.44. The average Bonchev–Trinajstić information content (AvgIpc) is 3.63. The van der Waals surface area contributed by atoms with Gasteiger partial charge in [-0.1, -0.05) is 26.8 Å². The molecular weight excluding hydrogens is 483 g/mol. The minimum Gasteiger partial charge on any atom is -0.417 e. The van der Waals surface area contributed by atoms with Gasteiger partial charge in [-0.25, -0.2) is 9.18 Å². The van der Waals surface area contributed by atoms with Gasteiger partial charge < -0.3 is 4.43 Å². The molecule has 1 aromatic carbocycles. The largest absolute Gasteiger partial charge is 0.417 e. The molecule has 6 nitrogen and oxygen atoms in total. The van der Waals surface area contributed by atoms with Gasteiger partial charge in [0.15, 0.2) is 8.32 Å². The van der Waals surface area contributed by atoms with Gasteiger partial charge in [-0.2, -0.15) is 0 Å². The number of nitrogens with zero attached hydrogens (tertiary/aromatic N) is 4. The van der Waals surface area contributed by atoms with E-state index in [9.17, 15) is 9.18 Å². The number of unbranched alkanes of at least 4 members (excludes halogenated alkanes) is 1. The highest BCUT2D eigenvalue weighted by Crippen LogP contribution is 2.37. The van der Waals surface area contributed by atoms with Crippen molar-refractivity contribution >= 4 is 30.1 Å². The molecule has 4 aromatic rings. The minimum atomic E-state index is -1.78. The van der Waals surface area contributed by atoms with E-state index in [0.29, 0.717) is 6.54 Å². The van der Waals surface area contributed by atoms with Crippen molar-refractivity contribution < 1.29 is 8.82 Å². The van der Waals surface area contributed by atoms with Crippen LogP contribution >= 0.6 is 0 Å². The molecule has 1 saturated carbocycles. The fraction of sp³-hybridized carbons (Fsp3) is 0.483. The SMILES string of the molecule is CC(C)(C)[Si](C)(C)OCCCCc1c(Cn2c(=O)n(C3CC3)c3ccncc32)ncc2cc(F)ccc12. The van der Waals surface area contributed by atoms with Gasteiger partial charge >= 0.3 is 5.69 Å². The Morgan fingerprint density at radius 3 is 2.62 bits per heavy atom. The average molecular weight is 521 g/mol. The summed E-state index contributed by atoms with van der Waals surface area (Å²) in [5.74, 6) is -0.273. The second-order valence-corrected chi connectivity index (χ2v) is 16.6. The number of aryl methyl sites for hydroxylation is 1. The molecule has 1 fully saturated rings. The molecule has 0 radical (unpaired) electrons. The third-order valence-electron chi connectivity index (χ3n) is 8.12. The lowest BCUT2D eigenvalue weighted by atomic mass is 9.99. The van der Waals surface area contributed by atoms with Crippen LogP contribution in [0.5, 0.6) is 0 Å². The third kappa shape index (κ3) is 5.14. The first-order chi connectivity index (χ1) is 17.6. The first kappa shape index (κ1) is 25.8. The maximum Gasteiger partial charge on any atom is 0.329 e. The number of aromatic nitrogens is 4.